The third-order valence-corrected chi connectivity index (χ3v) is 7.47. The van der Waals surface area contributed by atoms with Crippen molar-refractivity contribution in [3.05, 3.63) is 64.7 Å². The number of carbonyl (C=O) groups excluding carboxylic acids is 1. The highest BCUT2D eigenvalue weighted by Gasteiger charge is 2.53. The van der Waals surface area contributed by atoms with Crippen molar-refractivity contribution < 1.29 is 13.2 Å². The number of urea groups is 1. The molecule has 5 nitrogen and oxygen atoms in total. The molecule has 2 heterocycles. The van der Waals surface area contributed by atoms with E-state index in [0.717, 1.165) is 17.7 Å². The van der Waals surface area contributed by atoms with Gasteiger partial charge in [-0.2, -0.15) is 0 Å². The molecule has 2 aromatic carbocycles. The van der Waals surface area contributed by atoms with Crippen LogP contribution in [0.4, 0.5) is 10.5 Å². The highest BCUT2D eigenvalue weighted by Crippen LogP contribution is 2.36. The summed E-state index contributed by atoms with van der Waals surface area (Å²) in [6, 6.07) is 14.2. The Kier molecular flexibility index (Phi) is 4.64. The van der Waals surface area contributed by atoms with Crippen molar-refractivity contribution in [3.8, 4) is 0 Å². The molecule has 0 radical (unpaired) electrons. The van der Waals surface area contributed by atoms with Gasteiger partial charge in [-0.15, -0.1) is 0 Å². The Hall–Kier alpha value is -2.05. The molecule has 2 saturated heterocycles. The number of nitrogens with zero attached hydrogens (tertiary/aromatic N) is 2. The fourth-order valence-electron chi connectivity index (χ4n) is 3.97. The monoisotopic (exact) mass is 404 g/mol. The minimum Gasteiger partial charge on any atom is -0.314 e. The number of halogens is 1. The number of anilines is 1. The maximum atomic E-state index is 13.2. The lowest BCUT2D eigenvalue weighted by atomic mass is 10.1. The van der Waals surface area contributed by atoms with Gasteiger partial charge in [0.15, 0.2) is 9.84 Å². The van der Waals surface area contributed by atoms with E-state index < -0.39 is 9.84 Å². The summed E-state index contributed by atoms with van der Waals surface area (Å²) in [5, 5.41) is 0.577. The van der Waals surface area contributed by atoms with Crippen molar-refractivity contribution in [2.45, 2.75) is 32.0 Å². The Morgan fingerprint density at radius 2 is 1.70 bits per heavy atom. The third kappa shape index (κ3) is 3.32. The van der Waals surface area contributed by atoms with Gasteiger partial charge in [0.2, 0.25) is 0 Å². The molecule has 2 aliphatic rings. The molecular weight excluding hydrogens is 384 g/mol. The Balaban J connectivity index is 1.70. The first-order valence-corrected chi connectivity index (χ1v) is 11.2. The number of hydrogen-bond donors (Lipinski definition) is 0. The summed E-state index contributed by atoms with van der Waals surface area (Å²) in [5.74, 6) is -0.00460. The molecular formula is C20H21ClN2O3S. The number of sulfone groups is 1. The molecule has 27 heavy (non-hydrogen) atoms. The highest BCUT2D eigenvalue weighted by atomic mass is 35.5. The topological polar surface area (TPSA) is 57.7 Å². The Morgan fingerprint density at radius 1 is 1.04 bits per heavy atom. The zero-order valence-corrected chi connectivity index (χ0v) is 16.6. The molecule has 2 aromatic rings. The number of carbonyl (C=O) groups is 1. The summed E-state index contributed by atoms with van der Waals surface area (Å²) in [6.07, 6.45) is 0.910. The first-order chi connectivity index (χ1) is 12.9. The van der Waals surface area contributed by atoms with Crippen LogP contribution in [0.25, 0.3) is 0 Å². The second-order valence-corrected chi connectivity index (χ2v) is 9.66. The maximum absolute atomic E-state index is 13.2. The van der Waals surface area contributed by atoms with E-state index in [0.29, 0.717) is 11.6 Å². The van der Waals surface area contributed by atoms with Crippen molar-refractivity contribution in [1.29, 1.82) is 0 Å². The molecule has 0 N–H and O–H groups in total. The summed E-state index contributed by atoms with van der Waals surface area (Å²) in [4.78, 5) is 16.5. The van der Waals surface area contributed by atoms with E-state index in [-0.39, 0.29) is 29.6 Å². The molecule has 0 unspecified atom stereocenters. The van der Waals surface area contributed by atoms with Gasteiger partial charge < -0.3 is 4.90 Å². The Bertz CT molecular complexity index is 975. The largest absolute Gasteiger partial charge is 0.325 e. The van der Waals surface area contributed by atoms with E-state index in [1.165, 1.54) is 5.56 Å². The molecule has 0 bridgehead atoms. The van der Waals surface area contributed by atoms with Gasteiger partial charge in [0.1, 0.15) is 0 Å². The summed E-state index contributed by atoms with van der Waals surface area (Å²) in [5.41, 5.74) is 2.73. The fourth-order valence-corrected chi connectivity index (χ4v) is 6.11. The molecule has 2 amide bonds. The minimum atomic E-state index is -3.19. The van der Waals surface area contributed by atoms with Crippen LogP contribution in [-0.4, -0.2) is 42.9 Å². The molecule has 142 valence electrons. The predicted molar refractivity (Wildman–Crippen MR) is 107 cm³/mol. The van der Waals surface area contributed by atoms with Gasteiger partial charge in [0.25, 0.3) is 0 Å². The number of hydrogen-bond acceptors (Lipinski definition) is 3. The minimum absolute atomic E-state index is 0.00203. The van der Waals surface area contributed by atoms with Gasteiger partial charge in [-0.1, -0.05) is 48.9 Å². The predicted octanol–water partition coefficient (Wildman–Crippen LogP) is 3.51. The summed E-state index contributed by atoms with van der Waals surface area (Å²) >= 11 is 6.27. The van der Waals surface area contributed by atoms with Crippen LogP contribution in [0.1, 0.15) is 18.1 Å². The van der Waals surface area contributed by atoms with Crippen molar-refractivity contribution in [3.63, 3.8) is 0 Å². The van der Waals surface area contributed by atoms with Gasteiger partial charge in [-0.3, -0.25) is 4.90 Å². The van der Waals surface area contributed by atoms with E-state index in [2.05, 4.69) is 6.92 Å². The third-order valence-electron chi connectivity index (χ3n) is 5.40. The van der Waals surface area contributed by atoms with Crippen molar-refractivity contribution in [2.24, 2.45) is 0 Å². The SMILES string of the molecule is CCc1ccc(N2C(=O)N(Cc3ccccc3Cl)[C@@H]3CS(=O)(=O)C[C@@H]32)cc1. The smallest absolute Gasteiger partial charge is 0.314 e. The number of fused-ring (bicyclic) bond motifs is 1. The van der Waals surface area contributed by atoms with E-state index >= 15 is 0 Å². The van der Waals surface area contributed by atoms with E-state index in [9.17, 15) is 13.2 Å². The van der Waals surface area contributed by atoms with Crippen LogP contribution in [0.5, 0.6) is 0 Å². The van der Waals surface area contributed by atoms with Gasteiger partial charge in [-0.05, 0) is 35.7 Å². The van der Waals surface area contributed by atoms with Crippen molar-refractivity contribution in [1.82, 2.24) is 4.90 Å². The number of aryl methyl sites for hydroxylation is 1. The van der Waals surface area contributed by atoms with Gasteiger partial charge in [0, 0.05) is 17.3 Å². The van der Waals surface area contributed by atoms with E-state index in [1.807, 2.05) is 42.5 Å². The van der Waals surface area contributed by atoms with Crippen LogP contribution in [0.15, 0.2) is 48.5 Å². The van der Waals surface area contributed by atoms with Crippen LogP contribution in [-0.2, 0) is 22.8 Å². The average Bonchev–Trinajstić information content (AvgIpc) is 3.07. The number of benzene rings is 2. The molecule has 2 atom stereocenters. The van der Waals surface area contributed by atoms with Crippen LogP contribution in [0, 0.1) is 0 Å². The first kappa shape index (κ1) is 18.3. The first-order valence-electron chi connectivity index (χ1n) is 9.02. The molecule has 0 aliphatic carbocycles. The maximum Gasteiger partial charge on any atom is 0.325 e. The summed E-state index contributed by atoms with van der Waals surface area (Å²) < 4.78 is 24.6. The van der Waals surface area contributed by atoms with Gasteiger partial charge >= 0.3 is 6.03 Å². The zero-order valence-electron chi connectivity index (χ0n) is 15.0. The molecule has 0 spiro atoms. The Labute approximate surface area is 164 Å². The van der Waals surface area contributed by atoms with Crippen LogP contribution >= 0.6 is 11.6 Å². The second-order valence-electron chi connectivity index (χ2n) is 7.10. The highest BCUT2D eigenvalue weighted by molar-refractivity contribution is 7.91. The zero-order chi connectivity index (χ0) is 19.2. The van der Waals surface area contributed by atoms with Crippen molar-refractivity contribution in [2.75, 3.05) is 16.4 Å². The molecule has 2 fully saturated rings. The van der Waals surface area contributed by atoms with Crippen molar-refractivity contribution >= 4 is 33.2 Å². The van der Waals surface area contributed by atoms with Gasteiger partial charge in [0.05, 0.1) is 23.6 Å². The number of amides is 2. The molecule has 2 aliphatic heterocycles. The van der Waals surface area contributed by atoms with Crippen LogP contribution in [0.3, 0.4) is 0 Å². The summed E-state index contributed by atoms with van der Waals surface area (Å²) in [6.45, 7) is 2.37. The van der Waals surface area contributed by atoms with Gasteiger partial charge in [-0.25, -0.2) is 13.2 Å². The van der Waals surface area contributed by atoms with E-state index in [1.54, 1.807) is 15.9 Å². The summed E-state index contributed by atoms with van der Waals surface area (Å²) in [7, 11) is -3.19. The van der Waals surface area contributed by atoms with Crippen LogP contribution in [0.2, 0.25) is 5.02 Å². The standard InChI is InChI=1S/C20H21ClN2O3S/c1-2-14-7-9-16(10-8-14)23-19-13-27(25,26)12-18(19)22(20(23)24)11-15-5-3-4-6-17(15)21/h3-10,18-19H,2,11-13H2,1H3/t18-,19+/m1/s1. The van der Waals surface area contributed by atoms with E-state index in [4.69, 9.17) is 11.6 Å². The lowest BCUT2D eigenvalue weighted by Crippen LogP contribution is -2.37. The lowest BCUT2D eigenvalue weighted by Gasteiger charge is -2.23. The molecule has 0 saturated carbocycles. The Morgan fingerprint density at radius 3 is 2.37 bits per heavy atom. The molecule has 0 aromatic heterocycles. The number of rotatable bonds is 4. The fraction of sp³-hybridized carbons (Fsp3) is 0.350. The average molecular weight is 405 g/mol. The van der Waals surface area contributed by atoms with Crippen LogP contribution < -0.4 is 4.90 Å². The second kappa shape index (κ2) is 6.84. The normalized spacial score (nSPS) is 23.7. The quantitative estimate of drug-likeness (QED) is 0.732. The lowest BCUT2D eigenvalue weighted by molar-refractivity contribution is 0.206. The molecule has 4 rings (SSSR count). The molecule has 7 heteroatoms.